The van der Waals surface area contributed by atoms with E-state index in [1.807, 2.05) is 7.05 Å². The Morgan fingerprint density at radius 2 is 2.13 bits per heavy atom. The van der Waals surface area contributed by atoms with Crippen molar-refractivity contribution in [2.75, 3.05) is 31.6 Å². The summed E-state index contributed by atoms with van der Waals surface area (Å²) in [6, 6.07) is 0. The van der Waals surface area contributed by atoms with Gasteiger partial charge < -0.3 is 15.0 Å². The molecule has 2 aromatic heterocycles. The summed E-state index contributed by atoms with van der Waals surface area (Å²) in [5, 5.41) is 8.45. The summed E-state index contributed by atoms with van der Waals surface area (Å²) in [5.74, 6) is 1.51. The van der Waals surface area contributed by atoms with Crippen LogP contribution in [0, 0.1) is 0 Å². The molecule has 2 aromatic rings. The summed E-state index contributed by atoms with van der Waals surface area (Å²) in [6.45, 7) is 8.51. The second-order valence-electron chi connectivity index (χ2n) is 6.68. The molecule has 3 heterocycles. The van der Waals surface area contributed by atoms with Crippen molar-refractivity contribution in [1.82, 2.24) is 24.6 Å². The maximum atomic E-state index is 11.5. The molecule has 0 aliphatic carbocycles. The number of nitrogens with one attached hydrogen (secondary N) is 1. The second-order valence-corrected chi connectivity index (χ2v) is 6.68. The predicted molar refractivity (Wildman–Crippen MR) is 86.4 cm³/mol. The Bertz CT molecular complexity index is 733. The van der Waals surface area contributed by atoms with Gasteiger partial charge in [-0.05, 0) is 0 Å². The van der Waals surface area contributed by atoms with Gasteiger partial charge in [0, 0.05) is 25.6 Å². The molecule has 0 saturated carbocycles. The van der Waals surface area contributed by atoms with Gasteiger partial charge in [-0.1, -0.05) is 20.8 Å². The summed E-state index contributed by atoms with van der Waals surface area (Å²) >= 11 is 0. The molecule has 0 spiro atoms. The SMILES string of the molecule is Cn1ncc2c(NCCN3CCOC3=O)nc(C(C)(C)C)nc21. The average molecular weight is 318 g/mol. The summed E-state index contributed by atoms with van der Waals surface area (Å²) in [4.78, 5) is 22.4. The first kappa shape index (κ1) is 15.5. The number of carbonyl (C=O) groups is 1. The number of rotatable bonds is 4. The minimum absolute atomic E-state index is 0.159. The van der Waals surface area contributed by atoms with E-state index in [-0.39, 0.29) is 11.5 Å². The number of ether oxygens (including phenoxy) is 1. The van der Waals surface area contributed by atoms with E-state index >= 15 is 0 Å². The lowest BCUT2D eigenvalue weighted by Gasteiger charge is -2.19. The number of aryl methyl sites for hydroxylation is 1. The van der Waals surface area contributed by atoms with Gasteiger partial charge in [-0.2, -0.15) is 5.10 Å². The first-order valence-electron chi connectivity index (χ1n) is 7.72. The summed E-state index contributed by atoms with van der Waals surface area (Å²) in [5.41, 5.74) is 0.640. The van der Waals surface area contributed by atoms with E-state index in [1.165, 1.54) is 0 Å². The zero-order valence-electron chi connectivity index (χ0n) is 14.0. The van der Waals surface area contributed by atoms with Crippen LogP contribution in [0.1, 0.15) is 26.6 Å². The first-order chi connectivity index (χ1) is 10.9. The maximum absolute atomic E-state index is 11.5. The lowest BCUT2D eigenvalue weighted by Crippen LogP contribution is -2.30. The maximum Gasteiger partial charge on any atom is 0.409 e. The summed E-state index contributed by atoms with van der Waals surface area (Å²) in [6.07, 6.45) is 1.50. The number of nitrogens with zero attached hydrogens (tertiary/aromatic N) is 5. The van der Waals surface area contributed by atoms with Crippen LogP contribution in [0.25, 0.3) is 11.0 Å². The van der Waals surface area contributed by atoms with Crippen LogP contribution >= 0.6 is 0 Å². The van der Waals surface area contributed by atoms with Crippen LogP contribution < -0.4 is 5.32 Å². The molecular formula is C15H22N6O2. The number of hydrogen-bond donors (Lipinski definition) is 1. The number of anilines is 1. The van der Waals surface area contributed by atoms with Crippen molar-refractivity contribution in [2.45, 2.75) is 26.2 Å². The van der Waals surface area contributed by atoms with Crippen molar-refractivity contribution in [2.24, 2.45) is 7.05 Å². The fourth-order valence-electron chi connectivity index (χ4n) is 2.43. The van der Waals surface area contributed by atoms with E-state index in [2.05, 4.69) is 41.2 Å². The number of hydrogen-bond acceptors (Lipinski definition) is 6. The van der Waals surface area contributed by atoms with Crippen LogP contribution in [0.5, 0.6) is 0 Å². The minimum atomic E-state index is -0.253. The second kappa shape index (κ2) is 5.68. The van der Waals surface area contributed by atoms with Crippen molar-refractivity contribution >= 4 is 22.9 Å². The van der Waals surface area contributed by atoms with Crippen LogP contribution in [0.2, 0.25) is 0 Å². The molecule has 0 bridgehead atoms. The Kier molecular flexibility index (Phi) is 3.83. The Labute approximate surface area is 134 Å². The fourth-order valence-corrected chi connectivity index (χ4v) is 2.43. The highest BCUT2D eigenvalue weighted by atomic mass is 16.6. The van der Waals surface area contributed by atoms with Crippen LogP contribution in [0.3, 0.4) is 0 Å². The van der Waals surface area contributed by atoms with Crippen molar-refractivity contribution in [1.29, 1.82) is 0 Å². The molecule has 1 aliphatic heterocycles. The Morgan fingerprint density at radius 3 is 2.78 bits per heavy atom. The van der Waals surface area contributed by atoms with Crippen LogP contribution in [-0.2, 0) is 17.2 Å². The quantitative estimate of drug-likeness (QED) is 0.920. The third-order valence-corrected chi connectivity index (χ3v) is 3.78. The Hall–Kier alpha value is -2.38. The van der Waals surface area contributed by atoms with Gasteiger partial charge in [-0.15, -0.1) is 0 Å². The molecule has 0 radical (unpaired) electrons. The Balaban J connectivity index is 1.82. The molecular weight excluding hydrogens is 296 g/mol. The van der Waals surface area contributed by atoms with Gasteiger partial charge in [0.25, 0.3) is 0 Å². The lowest BCUT2D eigenvalue weighted by atomic mass is 9.95. The van der Waals surface area contributed by atoms with E-state index in [1.54, 1.807) is 15.8 Å². The highest BCUT2D eigenvalue weighted by molar-refractivity contribution is 5.86. The van der Waals surface area contributed by atoms with Gasteiger partial charge in [0.1, 0.15) is 18.2 Å². The van der Waals surface area contributed by atoms with Gasteiger partial charge in [-0.3, -0.25) is 4.68 Å². The lowest BCUT2D eigenvalue weighted by molar-refractivity contribution is 0.159. The van der Waals surface area contributed by atoms with Gasteiger partial charge >= 0.3 is 6.09 Å². The average Bonchev–Trinajstić information content (AvgIpc) is 3.05. The molecule has 1 amide bonds. The molecule has 23 heavy (non-hydrogen) atoms. The van der Waals surface area contributed by atoms with E-state index < -0.39 is 0 Å². The van der Waals surface area contributed by atoms with E-state index in [9.17, 15) is 4.79 Å². The highest BCUT2D eigenvalue weighted by Crippen LogP contribution is 2.25. The molecule has 1 aliphatic rings. The zero-order valence-corrected chi connectivity index (χ0v) is 14.0. The van der Waals surface area contributed by atoms with Crippen molar-refractivity contribution in [3.05, 3.63) is 12.0 Å². The first-order valence-corrected chi connectivity index (χ1v) is 7.72. The predicted octanol–water partition coefficient (Wildman–Crippen LogP) is 1.52. The van der Waals surface area contributed by atoms with Gasteiger partial charge in [0.05, 0.1) is 18.1 Å². The summed E-state index contributed by atoms with van der Waals surface area (Å²) < 4.78 is 6.67. The van der Waals surface area contributed by atoms with E-state index in [0.717, 1.165) is 22.7 Å². The molecule has 0 unspecified atom stereocenters. The smallest absolute Gasteiger partial charge is 0.409 e. The molecule has 1 saturated heterocycles. The molecule has 0 atom stereocenters. The number of carbonyl (C=O) groups excluding carboxylic acids is 1. The summed E-state index contributed by atoms with van der Waals surface area (Å²) in [7, 11) is 1.87. The van der Waals surface area contributed by atoms with Gasteiger partial charge in [0.15, 0.2) is 5.65 Å². The third-order valence-electron chi connectivity index (χ3n) is 3.78. The van der Waals surface area contributed by atoms with Crippen LogP contribution in [0.4, 0.5) is 10.6 Å². The molecule has 8 nitrogen and oxygen atoms in total. The molecule has 8 heteroatoms. The number of fused-ring (bicyclic) bond motifs is 1. The topological polar surface area (TPSA) is 85.2 Å². The van der Waals surface area contributed by atoms with E-state index in [4.69, 9.17) is 4.74 Å². The third kappa shape index (κ3) is 3.06. The number of cyclic esters (lactones) is 1. The minimum Gasteiger partial charge on any atom is -0.448 e. The van der Waals surface area contributed by atoms with Crippen molar-refractivity contribution in [3.63, 3.8) is 0 Å². The molecule has 1 N–H and O–H groups in total. The fraction of sp³-hybridized carbons (Fsp3) is 0.600. The van der Waals surface area contributed by atoms with Crippen molar-refractivity contribution < 1.29 is 9.53 Å². The Morgan fingerprint density at radius 1 is 1.35 bits per heavy atom. The molecule has 0 aromatic carbocycles. The molecule has 3 rings (SSSR count). The largest absolute Gasteiger partial charge is 0.448 e. The normalized spacial score (nSPS) is 15.3. The number of aromatic nitrogens is 4. The standard InChI is InChI=1S/C15H22N6O2/c1-15(2,3)13-18-11(10-9-17-20(4)12(10)19-13)16-5-6-21-7-8-23-14(21)22/h9H,5-8H2,1-4H3,(H,16,18,19). The van der Waals surface area contributed by atoms with Gasteiger partial charge in [-0.25, -0.2) is 14.8 Å². The van der Waals surface area contributed by atoms with E-state index in [0.29, 0.717) is 26.2 Å². The van der Waals surface area contributed by atoms with Gasteiger partial charge in [0.2, 0.25) is 0 Å². The van der Waals surface area contributed by atoms with Crippen LogP contribution in [0.15, 0.2) is 6.20 Å². The van der Waals surface area contributed by atoms with Crippen molar-refractivity contribution in [3.8, 4) is 0 Å². The van der Waals surface area contributed by atoms with Crippen LogP contribution in [-0.4, -0.2) is 57.0 Å². The zero-order chi connectivity index (χ0) is 16.6. The monoisotopic (exact) mass is 318 g/mol. The molecule has 1 fully saturated rings. The number of amides is 1. The molecule has 124 valence electrons. The highest BCUT2D eigenvalue weighted by Gasteiger charge is 2.23.